The standard InChI is InChI=1S/C26H21NO5S/c1-3-27-15-16(21-12-17(30-2)7-9-22(21)27)11-24-26(29)20-8-6-18(13-23(20)32-24)31-25(28)14-19-5-4-10-33-19/h4-13,15H,3,14H2,1-2H3/b24-11-. The predicted molar refractivity (Wildman–Crippen MR) is 127 cm³/mol. The highest BCUT2D eigenvalue weighted by atomic mass is 32.1. The SMILES string of the molecule is CCn1cc(/C=C2\Oc3cc(OC(=O)Cc4cccs4)ccc3C2=O)c2cc(OC)ccc21. The first-order valence-electron chi connectivity index (χ1n) is 10.5. The summed E-state index contributed by atoms with van der Waals surface area (Å²) in [5, 5.41) is 2.89. The van der Waals surface area contributed by atoms with Gasteiger partial charge in [-0.15, -0.1) is 11.3 Å². The second kappa shape index (κ2) is 8.60. The van der Waals surface area contributed by atoms with Crippen molar-refractivity contribution in [2.45, 2.75) is 19.9 Å². The zero-order valence-corrected chi connectivity index (χ0v) is 19.0. The van der Waals surface area contributed by atoms with Gasteiger partial charge in [0.1, 0.15) is 17.2 Å². The molecule has 2 aromatic carbocycles. The van der Waals surface area contributed by atoms with Gasteiger partial charge in [-0.3, -0.25) is 9.59 Å². The number of ether oxygens (including phenoxy) is 3. The molecule has 0 radical (unpaired) electrons. The molecular weight excluding hydrogens is 438 g/mol. The van der Waals surface area contributed by atoms with Crippen molar-refractivity contribution in [3.05, 3.63) is 81.9 Å². The average molecular weight is 460 g/mol. The van der Waals surface area contributed by atoms with E-state index in [-0.39, 0.29) is 23.9 Å². The van der Waals surface area contributed by atoms with Crippen LogP contribution >= 0.6 is 11.3 Å². The lowest BCUT2D eigenvalue weighted by molar-refractivity contribution is -0.133. The Morgan fingerprint density at radius 2 is 2.00 bits per heavy atom. The Labute approximate surface area is 194 Å². The number of thiophene rings is 1. The highest BCUT2D eigenvalue weighted by Crippen LogP contribution is 2.36. The number of rotatable bonds is 6. The summed E-state index contributed by atoms with van der Waals surface area (Å²) in [7, 11) is 1.63. The minimum absolute atomic E-state index is 0.199. The molecule has 1 aliphatic rings. The van der Waals surface area contributed by atoms with Gasteiger partial charge in [0, 0.05) is 40.2 Å². The van der Waals surface area contributed by atoms with Crippen molar-refractivity contribution in [3.8, 4) is 17.2 Å². The van der Waals surface area contributed by atoms with Crippen LogP contribution in [0.25, 0.3) is 17.0 Å². The van der Waals surface area contributed by atoms with Gasteiger partial charge in [-0.25, -0.2) is 0 Å². The largest absolute Gasteiger partial charge is 0.497 e. The van der Waals surface area contributed by atoms with E-state index in [4.69, 9.17) is 14.2 Å². The van der Waals surface area contributed by atoms with Crippen LogP contribution < -0.4 is 14.2 Å². The van der Waals surface area contributed by atoms with Gasteiger partial charge in [0.15, 0.2) is 5.76 Å². The molecule has 7 heteroatoms. The summed E-state index contributed by atoms with van der Waals surface area (Å²) in [6, 6.07) is 14.5. The molecule has 6 nitrogen and oxygen atoms in total. The Balaban J connectivity index is 1.41. The molecule has 166 valence electrons. The molecule has 1 aliphatic heterocycles. The second-order valence-electron chi connectivity index (χ2n) is 7.58. The van der Waals surface area contributed by atoms with Gasteiger partial charge in [0.05, 0.1) is 19.1 Å². The molecule has 33 heavy (non-hydrogen) atoms. The first kappa shape index (κ1) is 21.0. The van der Waals surface area contributed by atoms with E-state index < -0.39 is 0 Å². The molecule has 5 rings (SSSR count). The quantitative estimate of drug-likeness (QED) is 0.217. The van der Waals surface area contributed by atoms with Gasteiger partial charge in [-0.1, -0.05) is 6.07 Å². The Morgan fingerprint density at radius 1 is 1.15 bits per heavy atom. The van der Waals surface area contributed by atoms with Crippen LogP contribution in [0.3, 0.4) is 0 Å². The van der Waals surface area contributed by atoms with Crippen LogP contribution in [-0.4, -0.2) is 23.4 Å². The maximum absolute atomic E-state index is 13.0. The Morgan fingerprint density at radius 3 is 2.76 bits per heavy atom. The molecule has 0 unspecified atom stereocenters. The fraction of sp³-hybridized carbons (Fsp3) is 0.154. The average Bonchev–Trinajstić information content (AvgIpc) is 3.52. The maximum Gasteiger partial charge on any atom is 0.316 e. The van der Waals surface area contributed by atoms with Crippen LogP contribution in [0.4, 0.5) is 0 Å². The van der Waals surface area contributed by atoms with Gasteiger partial charge in [0.25, 0.3) is 0 Å². The van der Waals surface area contributed by atoms with Gasteiger partial charge < -0.3 is 18.8 Å². The van der Waals surface area contributed by atoms with E-state index in [0.717, 1.165) is 33.6 Å². The van der Waals surface area contributed by atoms with Gasteiger partial charge >= 0.3 is 5.97 Å². The van der Waals surface area contributed by atoms with Crippen molar-refractivity contribution in [1.29, 1.82) is 0 Å². The number of benzene rings is 2. The van der Waals surface area contributed by atoms with Crippen molar-refractivity contribution >= 4 is 40.1 Å². The number of hydrogen-bond acceptors (Lipinski definition) is 6. The van der Waals surface area contributed by atoms with Gasteiger partial charge in [-0.05, 0) is 54.8 Å². The molecule has 0 aliphatic carbocycles. The van der Waals surface area contributed by atoms with Crippen molar-refractivity contribution < 1.29 is 23.8 Å². The number of nitrogens with zero attached hydrogens (tertiary/aromatic N) is 1. The molecule has 0 bridgehead atoms. The number of carbonyl (C=O) groups is 2. The number of ketones is 1. The minimum atomic E-state index is -0.362. The van der Waals surface area contributed by atoms with Crippen LogP contribution in [0, 0.1) is 0 Å². The molecule has 0 spiro atoms. The van der Waals surface area contributed by atoms with Crippen LogP contribution in [0.5, 0.6) is 17.2 Å². The molecule has 0 saturated heterocycles. The van der Waals surface area contributed by atoms with E-state index in [0.29, 0.717) is 17.1 Å². The van der Waals surface area contributed by atoms with Crippen molar-refractivity contribution in [2.24, 2.45) is 0 Å². The van der Waals surface area contributed by atoms with E-state index in [1.54, 1.807) is 31.4 Å². The summed E-state index contributed by atoms with van der Waals surface area (Å²) in [4.78, 5) is 26.1. The van der Waals surface area contributed by atoms with Crippen LogP contribution in [-0.2, 0) is 17.8 Å². The third-order valence-corrected chi connectivity index (χ3v) is 6.39. The molecule has 2 aromatic heterocycles. The monoisotopic (exact) mass is 459 g/mol. The van der Waals surface area contributed by atoms with E-state index in [1.807, 2.05) is 41.9 Å². The maximum atomic E-state index is 13.0. The number of fused-ring (bicyclic) bond motifs is 2. The number of carbonyl (C=O) groups excluding carboxylic acids is 2. The van der Waals surface area contributed by atoms with E-state index in [9.17, 15) is 9.59 Å². The Kier molecular flexibility index (Phi) is 5.48. The number of aromatic nitrogens is 1. The highest BCUT2D eigenvalue weighted by Gasteiger charge is 2.28. The van der Waals surface area contributed by atoms with Crippen LogP contribution in [0.2, 0.25) is 0 Å². The fourth-order valence-corrected chi connectivity index (χ4v) is 4.59. The number of aryl methyl sites for hydroxylation is 1. The first-order chi connectivity index (χ1) is 16.1. The molecule has 0 N–H and O–H groups in total. The first-order valence-corrected chi connectivity index (χ1v) is 11.4. The van der Waals surface area contributed by atoms with E-state index in [1.165, 1.54) is 11.3 Å². The van der Waals surface area contributed by atoms with Gasteiger partial charge in [0.2, 0.25) is 5.78 Å². The molecule has 0 saturated carbocycles. The minimum Gasteiger partial charge on any atom is -0.497 e. The summed E-state index contributed by atoms with van der Waals surface area (Å²) in [5.74, 6) is 1.12. The van der Waals surface area contributed by atoms with E-state index in [2.05, 4.69) is 11.5 Å². The van der Waals surface area contributed by atoms with Crippen molar-refractivity contribution in [2.75, 3.05) is 7.11 Å². The highest BCUT2D eigenvalue weighted by molar-refractivity contribution is 7.10. The van der Waals surface area contributed by atoms with E-state index >= 15 is 0 Å². The zero-order valence-electron chi connectivity index (χ0n) is 18.2. The summed E-state index contributed by atoms with van der Waals surface area (Å²) in [5.41, 5.74) is 2.36. The number of methoxy groups -OCH3 is 1. The molecule has 4 aromatic rings. The molecular formula is C26H21NO5S. The number of Topliss-reactive ketones (excluding diaryl/α,β-unsaturated/α-hetero) is 1. The summed E-state index contributed by atoms with van der Waals surface area (Å²) in [6.07, 6.45) is 3.94. The Bertz CT molecular complexity index is 1400. The molecule has 0 amide bonds. The normalized spacial score (nSPS) is 13.9. The summed E-state index contributed by atoms with van der Waals surface area (Å²) >= 11 is 1.50. The topological polar surface area (TPSA) is 66.8 Å². The molecule has 0 fully saturated rings. The van der Waals surface area contributed by atoms with Crippen molar-refractivity contribution in [1.82, 2.24) is 4.57 Å². The van der Waals surface area contributed by atoms with Crippen molar-refractivity contribution in [3.63, 3.8) is 0 Å². The van der Waals surface area contributed by atoms with Crippen LogP contribution in [0.1, 0.15) is 27.7 Å². The zero-order chi connectivity index (χ0) is 22.9. The smallest absolute Gasteiger partial charge is 0.316 e. The lowest BCUT2D eigenvalue weighted by Gasteiger charge is -2.05. The Hall–Kier alpha value is -3.84. The lowest BCUT2D eigenvalue weighted by atomic mass is 10.1. The number of esters is 1. The summed E-state index contributed by atoms with van der Waals surface area (Å²) in [6.45, 7) is 2.86. The molecule has 3 heterocycles. The van der Waals surface area contributed by atoms with Crippen LogP contribution in [0.15, 0.2) is 65.9 Å². The van der Waals surface area contributed by atoms with Gasteiger partial charge in [-0.2, -0.15) is 0 Å². The fourth-order valence-electron chi connectivity index (χ4n) is 3.90. The third-order valence-electron chi connectivity index (χ3n) is 5.52. The third kappa shape index (κ3) is 4.03. The molecule has 0 atom stereocenters. The second-order valence-corrected chi connectivity index (χ2v) is 8.61. The number of allylic oxidation sites excluding steroid dienone is 1. The lowest BCUT2D eigenvalue weighted by Crippen LogP contribution is -2.10. The summed E-state index contributed by atoms with van der Waals surface area (Å²) < 4.78 is 18.8. The predicted octanol–water partition coefficient (Wildman–Crippen LogP) is 5.50. The number of hydrogen-bond donors (Lipinski definition) is 0.